The van der Waals surface area contributed by atoms with E-state index < -0.39 is 0 Å². The summed E-state index contributed by atoms with van der Waals surface area (Å²) in [7, 11) is 0. The van der Waals surface area contributed by atoms with Gasteiger partial charge in [-0.25, -0.2) is 9.97 Å². The van der Waals surface area contributed by atoms with E-state index in [1.165, 1.54) is 6.33 Å². The van der Waals surface area contributed by atoms with Crippen LogP contribution in [-0.2, 0) is 9.59 Å². The van der Waals surface area contributed by atoms with E-state index in [-0.39, 0.29) is 48.4 Å². The fourth-order valence-corrected chi connectivity index (χ4v) is 6.31. The Bertz CT molecular complexity index is 1560. The molecule has 0 spiro atoms. The summed E-state index contributed by atoms with van der Waals surface area (Å²) in [6.45, 7) is 2.95. The lowest BCUT2D eigenvalue weighted by atomic mass is 10.1. The number of aromatic nitrogens is 2. The van der Waals surface area contributed by atoms with Crippen LogP contribution in [0, 0.1) is 11.3 Å². The van der Waals surface area contributed by atoms with Gasteiger partial charge in [0.25, 0.3) is 0 Å². The highest BCUT2D eigenvalue weighted by molar-refractivity contribution is 6.35. The number of rotatable bonds is 8. The molecule has 12 nitrogen and oxygen atoms in total. The van der Waals surface area contributed by atoms with Crippen molar-refractivity contribution in [3.8, 4) is 6.07 Å². The second kappa shape index (κ2) is 17.4. The number of nitrogens with zero attached hydrogens (tertiary/aromatic N) is 5. The van der Waals surface area contributed by atoms with Gasteiger partial charge in [-0.05, 0) is 62.1 Å². The van der Waals surface area contributed by atoms with Crippen LogP contribution in [-0.4, -0.2) is 82.9 Å². The van der Waals surface area contributed by atoms with Crippen molar-refractivity contribution >= 4 is 81.2 Å². The summed E-state index contributed by atoms with van der Waals surface area (Å²) in [6, 6.07) is 12.3. The summed E-state index contributed by atoms with van der Waals surface area (Å²) in [4.78, 5) is 36.1. The summed E-state index contributed by atoms with van der Waals surface area (Å²) >= 11 is 23.7. The number of carbonyl (C=O) groups excluding carboxylic acids is 2. The third-order valence-corrected chi connectivity index (χ3v) is 8.40. The van der Waals surface area contributed by atoms with E-state index in [4.69, 9.17) is 57.9 Å². The molecule has 47 heavy (non-hydrogen) atoms. The van der Waals surface area contributed by atoms with Gasteiger partial charge in [-0.1, -0.05) is 46.4 Å². The van der Waals surface area contributed by atoms with Crippen LogP contribution in [0.4, 0.5) is 23.0 Å². The summed E-state index contributed by atoms with van der Waals surface area (Å²) < 4.78 is 0. The van der Waals surface area contributed by atoms with Crippen molar-refractivity contribution in [2.75, 3.05) is 61.0 Å². The Labute approximate surface area is 293 Å². The number of amides is 2. The third kappa shape index (κ3) is 11.2. The molecule has 0 radical (unpaired) electrons. The lowest BCUT2D eigenvalue weighted by molar-refractivity contribution is -0.131. The number of halogens is 4. The van der Waals surface area contributed by atoms with Crippen LogP contribution >= 0.6 is 46.4 Å². The average molecular weight is 723 g/mol. The van der Waals surface area contributed by atoms with E-state index in [1.54, 1.807) is 46.2 Å². The lowest BCUT2D eigenvalue weighted by Gasteiger charge is -2.33. The maximum atomic E-state index is 12.6. The van der Waals surface area contributed by atoms with Crippen LogP contribution < -0.4 is 27.4 Å². The topological polar surface area (TPSA) is 178 Å². The minimum Gasteiger partial charge on any atom is -0.382 e. The minimum atomic E-state index is -0.0368. The van der Waals surface area contributed by atoms with Gasteiger partial charge in [-0.3, -0.25) is 9.59 Å². The van der Waals surface area contributed by atoms with E-state index in [2.05, 4.69) is 25.9 Å². The summed E-state index contributed by atoms with van der Waals surface area (Å²) in [5.41, 5.74) is 13.2. The van der Waals surface area contributed by atoms with Crippen LogP contribution in [0.5, 0.6) is 0 Å². The highest BCUT2D eigenvalue weighted by Gasteiger charge is 2.25. The molecule has 0 aliphatic carbocycles. The predicted octanol–water partition coefficient (Wildman–Crippen LogP) is 5.11. The number of nitrogen functional groups attached to an aromatic ring is 1. The molecule has 0 bridgehead atoms. The second-order valence-electron chi connectivity index (χ2n) is 11.2. The Morgan fingerprint density at radius 2 is 1.34 bits per heavy atom. The molecular weight excluding hydrogens is 686 g/mol. The quantitative estimate of drug-likeness (QED) is 0.210. The predicted molar refractivity (Wildman–Crippen MR) is 188 cm³/mol. The molecule has 2 aliphatic heterocycles. The molecule has 0 saturated carbocycles. The van der Waals surface area contributed by atoms with Crippen molar-refractivity contribution in [2.24, 2.45) is 5.73 Å². The van der Waals surface area contributed by atoms with Gasteiger partial charge in [0.15, 0.2) is 0 Å². The van der Waals surface area contributed by atoms with E-state index >= 15 is 0 Å². The highest BCUT2D eigenvalue weighted by atomic mass is 35.5. The Morgan fingerprint density at radius 1 is 0.830 bits per heavy atom. The van der Waals surface area contributed by atoms with Crippen molar-refractivity contribution in [2.45, 2.75) is 37.8 Å². The van der Waals surface area contributed by atoms with E-state index in [1.807, 2.05) is 6.07 Å². The first-order chi connectivity index (χ1) is 22.5. The first kappa shape index (κ1) is 36.1. The number of hydrogen-bond donors (Lipinski definition) is 5. The van der Waals surface area contributed by atoms with Gasteiger partial charge in [0.05, 0.1) is 13.1 Å². The second-order valence-corrected chi connectivity index (χ2v) is 12.9. The molecule has 0 unspecified atom stereocenters. The third-order valence-electron chi connectivity index (χ3n) is 7.53. The van der Waals surface area contributed by atoms with E-state index in [0.29, 0.717) is 51.2 Å². The van der Waals surface area contributed by atoms with Crippen LogP contribution in [0.15, 0.2) is 42.7 Å². The Hall–Kier alpha value is -3.73. The fraction of sp³-hybridized carbons (Fsp3) is 0.387. The van der Waals surface area contributed by atoms with Gasteiger partial charge in [0, 0.05) is 69.7 Å². The largest absolute Gasteiger partial charge is 0.382 e. The zero-order valence-corrected chi connectivity index (χ0v) is 28.5. The molecule has 2 saturated heterocycles. The number of nitriles is 1. The molecule has 2 fully saturated rings. The molecule has 2 atom stereocenters. The van der Waals surface area contributed by atoms with Gasteiger partial charge in [0.2, 0.25) is 11.8 Å². The van der Waals surface area contributed by atoms with Crippen molar-refractivity contribution in [3.63, 3.8) is 0 Å². The molecule has 1 aromatic heterocycles. The number of carbonyl (C=O) groups is 2. The number of hydrogen-bond acceptors (Lipinski definition) is 10. The number of nitrogens with one attached hydrogen (secondary N) is 3. The smallest absolute Gasteiger partial charge is 0.241 e. The molecule has 7 N–H and O–H groups in total. The maximum Gasteiger partial charge on any atom is 0.241 e. The molecule has 3 heterocycles. The lowest BCUT2D eigenvalue weighted by Crippen LogP contribution is -2.47. The zero-order chi connectivity index (χ0) is 33.9. The Balaban J connectivity index is 0.000000229. The summed E-state index contributed by atoms with van der Waals surface area (Å²) in [6.07, 6.45) is 4.96. The van der Waals surface area contributed by atoms with Crippen LogP contribution in [0.1, 0.15) is 31.2 Å². The molecule has 3 aromatic rings. The Morgan fingerprint density at radius 3 is 1.85 bits per heavy atom. The molecule has 250 valence electrons. The van der Waals surface area contributed by atoms with Gasteiger partial charge >= 0.3 is 0 Å². The normalized spacial score (nSPS) is 17.5. The molecule has 2 aliphatic rings. The maximum absolute atomic E-state index is 12.6. The van der Waals surface area contributed by atoms with Crippen LogP contribution in [0.25, 0.3) is 0 Å². The summed E-state index contributed by atoms with van der Waals surface area (Å²) in [5, 5.41) is 20.6. The van der Waals surface area contributed by atoms with E-state index in [0.717, 1.165) is 37.9 Å². The molecule has 2 amide bonds. The number of likely N-dealkylation sites (tertiary alicyclic amines) is 2. The summed E-state index contributed by atoms with van der Waals surface area (Å²) in [5.74, 6) is 0.533. The van der Waals surface area contributed by atoms with Crippen LogP contribution in [0.3, 0.4) is 0 Å². The number of nitrogens with two attached hydrogens (primary N) is 2. The standard InChI is InChI=1S/C18H19Cl2N7O.C13H17Cl2N3O/c19-11-4-12(20)6-14(5-11)23-8-16(28)27-3-1-2-13(9-27)26-18-15(7-21)17(22)24-10-25-18;14-9-4-10(15)6-12(5-9)17-7-13(19)18-3-1-2-11(16)8-18/h4-6,10,13,23H,1-3,8-9H2,(H3,22,24,25,26);4-6,11,17H,1-3,7-8,16H2/t13-;11-/m00/s1. The van der Waals surface area contributed by atoms with Gasteiger partial charge in [0.1, 0.15) is 29.6 Å². The monoisotopic (exact) mass is 720 g/mol. The molecule has 2 aromatic carbocycles. The van der Waals surface area contributed by atoms with Crippen molar-refractivity contribution in [3.05, 3.63) is 68.4 Å². The number of anilines is 4. The van der Waals surface area contributed by atoms with E-state index in [9.17, 15) is 14.9 Å². The molecule has 16 heteroatoms. The minimum absolute atomic E-state index is 0.0280. The van der Waals surface area contributed by atoms with Crippen molar-refractivity contribution < 1.29 is 9.59 Å². The first-order valence-corrected chi connectivity index (χ1v) is 16.5. The average Bonchev–Trinajstić information content (AvgIpc) is 3.02. The van der Waals surface area contributed by atoms with Crippen molar-refractivity contribution in [1.29, 1.82) is 5.26 Å². The Kier molecular flexibility index (Phi) is 13.4. The highest BCUT2D eigenvalue weighted by Crippen LogP contribution is 2.24. The first-order valence-electron chi connectivity index (χ1n) is 15.0. The molecule has 5 rings (SSSR count). The van der Waals surface area contributed by atoms with Gasteiger partial charge in [-0.2, -0.15) is 5.26 Å². The number of benzene rings is 2. The van der Waals surface area contributed by atoms with Crippen LogP contribution in [0.2, 0.25) is 20.1 Å². The fourth-order valence-electron chi connectivity index (χ4n) is 5.26. The van der Waals surface area contributed by atoms with Gasteiger partial charge in [-0.15, -0.1) is 0 Å². The SMILES string of the molecule is N#Cc1c(N)ncnc1N[C@H]1CCCN(C(=O)CNc2cc(Cl)cc(Cl)c2)C1.N[C@H]1CCCN(C(=O)CNc2cc(Cl)cc(Cl)c2)C1. The number of piperidine rings is 2. The van der Waals surface area contributed by atoms with Gasteiger partial charge < -0.3 is 37.2 Å². The van der Waals surface area contributed by atoms with Crippen molar-refractivity contribution in [1.82, 2.24) is 19.8 Å². The zero-order valence-electron chi connectivity index (χ0n) is 25.5. The molecular formula is C31H36Cl4N10O2.